The molecule has 3 aliphatic rings. The summed E-state index contributed by atoms with van der Waals surface area (Å²) in [5.74, 6) is 0. The van der Waals surface area contributed by atoms with E-state index in [4.69, 9.17) is 4.74 Å². The number of hydrogen-bond acceptors (Lipinski definition) is 3. The molecule has 0 aromatic rings. The minimum Gasteiger partial charge on any atom is -0.444 e. The Hall–Kier alpha value is -0.770. The molecule has 3 rings (SSSR count). The molecule has 92 valence electrons. The van der Waals surface area contributed by atoms with Gasteiger partial charge in [-0.25, -0.2) is 4.79 Å². The highest BCUT2D eigenvalue weighted by Gasteiger charge is 2.46. The molecule has 0 spiro atoms. The van der Waals surface area contributed by atoms with Crippen molar-refractivity contribution >= 4 is 6.09 Å². The number of fused-ring (bicyclic) bond motifs is 2. The van der Waals surface area contributed by atoms with Crippen LogP contribution in [0.25, 0.3) is 0 Å². The number of piperidine rings is 2. The summed E-state index contributed by atoms with van der Waals surface area (Å²) >= 11 is 0. The molecule has 2 saturated heterocycles. The molecule has 16 heavy (non-hydrogen) atoms. The second-order valence-corrected chi connectivity index (χ2v) is 6.16. The van der Waals surface area contributed by atoms with E-state index in [1.165, 1.54) is 19.3 Å². The largest absolute Gasteiger partial charge is 0.444 e. The first-order valence-electron chi connectivity index (χ1n) is 6.09. The predicted molar refractivity (Wildman–Crippen MR) is 62.3 cm³/mol. The molecule has 2 bridgehead atoms. The molecular weight excluding hydrogens is 204 g/mol. The predicted octanol–water partition coefficient (Wildman–Crippen LogP) is 1.65. The maximum absolute atomic E-state index is 11.5. The van der Waals surface area contributed by atoms with Crippen molar-refractivity contribution in [2.75, 3.05) is 13.1 Å². The van der Waals surface area contributed by atoms with E-state index < -0.39 is 5.60 Å². The second-order valence-electron chi connectivity index (χ2n) is 6.16. The van der Waals surface area contributed by atoms with Gasteiger partial charge in [0.2, 0.25) is 0 Å². The van der Waals surface area contributed by atoms with Crippen molar-refractivity contribution in [3.05, 3.63) is 0 Å². The van der Waals surface area contributed by atoms with Gasteiger partial charge in [-0.15, -0.1) is 0 Å². The van der Waals surface area contributed by atoms with Gasteiger partial charge in [0.15, 0.2) is 0 Å². The Morgan fingerprint density at radius 1 is 1.50 bits per heavy atom. The fraction of sp³-hybridized carbons (Fsp3) is 0.917. The summed E-state index contributed by atoms with van der Waals surface area (Å²) in [7, 11) is 0. The molecular formula is C12H22N2O2. The van der Waals surface area contributed by atoms with Crippen molar-refractivity contribution in [1.29, 1.82) is 0 Å². The average Bonchev–Trinajstić information content (AvgIpc) is 2.12. The highest BCUT2D eigenvalue weighted by atomic mass is 16.6. The van der Waals surface area contributed by atoms with Crippen molar-refractivity contribution < 1.29 is 9.53 Å². The number of carbonyl (C=O) groups excluding carboxylic acids is 1. The second kappa shape index (κ2) is 3.91. The molecule has 2 N–H and O–H groups in total. The highest BCUT2D eigenvalue weighted by Crippen LogP contribution is 2.46. The lowest BCUT2D eigenvalue weighted by Gasteiger charge is -2.53. The summed E-state index contributed by atoms with van der Waals surface area (Å²) in [6.45, 7) is 7.50. The zero-order chi connectivity index (χ0) is 11.8. The molecule has 0 aromatic carbocycles. The van der Waals surface area contributed by atoms with Crippen LogP contribution in [0.5, 0.6) is 0 Å². The third-order valence-corrected chi connectivity index (χ3v) is 3.45. The van der Waals surface area contributed by atoms with Crippen LogP contribution >= 0.6 is 0 Å². The third kappa shape index (κ3) is 2.67. The van der Waals surface area contributed by atoms with Crippen LogP contribution in [0.1, 0.15) is 40.0 Å². The fourth-order valence-electron chi connectivity index (χ4n) is 2.68. The maximum atomic E-state index is 11.5. The van der Waals surface area contributed by atoms with Crippen molar-refractivity contribution in [2.24, 2.45) is 5.41 Å². The zero-order valence-corrected chi connectivity index (χ0v) is 10.4. The summed E-state index contributed by atoms with van der Waals surface area (Å²) in [6.07, 6.45) is 3.27. The molecule has 4 heteroatoms. The lowest BCUT2D eigenvalue weighted by molar-refractivity contribution is 0.0184. The molecule has 0 unspecified atom stereocenters. The van der Waals surface area contributed by atoms with Gasteiger partial charge in [0.1, 0.15) is 5.60 Å². The standard InChI is InChI=1S/C12H22N2O2/c1-11(2,3)16-10(15)14-8-12-4-5-13-9(6-12)7-12/h9,13H,4-8H2,1-3H3,(H,14,15). The molecule has 2 aliphatic heterocycles. The minimum absolute atomic E-state index is 0.288. The highest BCUT2D eigenvalue weighted by molar-refractivity contribution is 5.67. The maximum Gasteiger partial charge on any atom is 0.407 e. The van der Waals surface area contributed by atoms with Crippen LogP contribution in [-0.4, -0.2) is 30.8 Å². The number of alkyl carbamates (subject to hydrolysis) is 1. The Labute approximate surface area is 97.1 Å². The van der Waals surface area contributed by atoms with E-state index in [-0.39, 0.29) is 6.09 Å². The van der Waals surface area contributed by atoms with E-state index >= 15 is 0 Å². The van der Waals surface area contributed by atoms with Crippen LogP contribution in [0, 0.1) is 5.41 Å². The normalized spacial score (nSPS) is 32.8. The van der Waals surface area contributed by atoms with Crippen LogP contribution in [0.4, 0.5) is 4.79 Å². The molecule has 2 heterocycles. The van der Waals surface area contributed by atoms with Crippen LogP contribution in [0.15, 0.2) is 0 Å². The lowest BCUT2D eigenvalue weighted by atomic mass is 9.61. The molecule has 4 nitrogen and oxygen atoms in total. The Bertz CT molecular complexity index is 272. The van der Waals surface area contributed by atoms with Crippen LogP contribution < -0.4 is 10.6 Å². The summed E-state index contributed by atoms with van der Waals surface area (Å²) in [6, 6.07) is 0.689. The molecule has 0 atom stereocenters. The average molecular weight is 226 g/mol. The number of nitrogens with one attached hydrogen (secondary N) is 2. The molecule has 0 radical (unpaired) electrons. The third-order valence-electron chi connectivity index (χ3n) is 3.45. The van der Waals surface area contributed by atoms with Crippen LogP contribution in [-0.2, 0) is 4.74 Å². The first-order valence-corrected chi connectivity index (χ1v) is 6.09. The number of carbonyl (C=O) groups is 1. The topological polar surface area (TPSA) is 50.4 Å². The lowest BCUT2D eigenvalue weighted by Crippen LogP contribution is -2.59. The van der Waals surface area contributed by atoms with Gasteiger partial charge < -0.3 is 15.4 Å². The molecule has 1 saturated carbocycles. The van der Waals surface area contributed by atoms with E-state index in [0.717, 1.165) is 13.1 Å². The molecule has 0 aromatic heterocycles. The Kier molecular flexibility index (Phi) is 2.86. The van der Waals surface area contributed by atoms with Gasteiger partial charge >= 0.3 is 6.09 Å². The number of hydrogen-bond donors (Lipinski definition) is 2. The minimum atomic E-state index is -0.405. The fourth-order valence-corrected chi connectivity index (χ4v) is 2.68. The Morgan fingerprint density at radius 2 is 2.19 bits per heavy atom. The first-order chi connectivity index (χ1) is 7.39. The molecule has 1 amide bonds. The van der Waals surface area contributed by atoms with Gasteiger partial charge in [-0.2, -0.15) is 0 Å². The van der Waals surface area contributed by atoms with Gasteiger partial charge in [0.05, 0.1) is 0 Å². The van der Waals surface area contributed by atoms with Crippen molar-refractivity contribution in [3.63, 3.8) is 0 Å². The number of ether oxygens (including phenoxy) is 1. The van der Waals surface area contributed by atoms with Crippen molar-refractivity contribution in [3.8, 4) is 0 Å². The smallest absolute Gasteiger partial charge is 0.407 e. The summed E-state index contributed by atoms with van der Waals surface area (Å²) in [5.41, 5.74) is -0.0508. The summed E-state index contributed by atoms with van der Waals surface area (Å²) in [5, 5.41) is 6.35. The van der Waals surface area contributed by atoms with Crippen LogP contribution in [0.3, 0.4) is 0 Å². The van der Waals surface area contributed by atoms with Gasteiger partial charge in [-0.3, -0.25) is 0 Å². The zero-order valence-electron chi connectivity index (χ0n) is 10.4. The van der Waals surface area contributed by atoms with E-state index in [9.17, 15) is 4.79 Å². The van der Waals surface area contributed by atoms with Gasteiger partial charge in [-0.05, 0) is 52.0 Å². The van der Waals surface area contributed by atoms with Crippen molar-refractivity contribution in [2.45, 2.75) is 51.7 Å². The van der Waals surface area contributed by atoms with Crippen molar-refractivity contribution in [1.82, 2.24) is 10.6 Å². The van der Waals surface area contributed by atoms with Crippen LogP contribution in [0.2, 0.25) is 0 Å². The SMILES string of the molecule is CC(C)(C)OC(=O)NCC12CCNC(C1)C2. The van der Waals surface area contributed by atoms with Gasteiger partial charge in [0, 0.05) is 12.6 Å². The van der Waals surface area contributed by atoms with E-state index in [0.29, 0.717) is 11.5 Å². The quantitative estimate of drug-likeness (QED) is 0.753. The van der Waals surface area contributed by atoms with E-state index in [1.807, 2.05) is 20.8 Å². The molecule has 3 fully saturated rings. The van der Waals surface area contributed by atoms with Gasteiger partial charge in [0.25, 0.3) is 0 Å². The van der Waals surface area contributed by atoms with E-state index in [1.54, 1.807) is 0 Å². The number of amides is 1. The summed E-state index contributed by atoms with van der Waals surface area (Å²) < 4.78 is 5.23. The molecule has 1 aliphatic carbocycles. The Morgan fingerprint density at radius 3 is 2.69 bits per heavy atom. The first kappa shape index (κ1) is 11.7. The summed E-state index contributed by atoms with van der Waals surface area (Å²) in [4.78, 5) is 11.5. The van der Waals surface area contributed by atoms with Gasteiger partial charge in [-0.1, -0.05) is 0 Å². The number of rotatable bonds is 2. The monoisotopic (exact) mass is 226 g/mol. The Balaban J connectivity index is 1.73. The van der Waals surface area contributed by atoms with E-state index in [2.05, 4.69) is 10.6 Å².